The van der Waals surface area contributed by atoms with Crippen LogP contribution in [0, 0.1) is 5.82 Å². The van der Waals surface area contributed by atoms with Crippen molar-refractivity contribution in [3.63, 3.8) is 0 Å². The van der Waals surface area contributed by atoms with Crippen LogP contribution in [0.3, 0.4) is 0 Å². The number of nitrogens with one attached hydrogen (secondary N) is 1. The highest BCUT2D eigenvalue weighted by Gasteiger charge is 2.48. The number of benzene rings is 2. The Bertz CT molecular complexity index is 1190. The molecule has 0 spiro atoms. The van der Waals surface area contributed by atoms with E-state index in [0.29, 0.717) is 41.9 Å². The van der Waals surface area contributed by atoms with Crippen molar-refractivity contribution in [3.8, 4) is 11.1 Å². The van der Waals surface area contributed by atoms with Gasteiger partial charge in [0.2, 0.25) is 0 Å². The van der Waals surface area contributed by atoms with E-state index in [9.17, 15) is 17.6 Å². The normalized spacial score (nSPS) is 19.9. The molecule has 1 fully saturated rings. The smallest absolute Gasteiger partial charge is 0.406 e. The van der Waals surface area contributed by atoms with Gasteiger partial charge in [-0.05, 0) is 37.7 Å². The van der Waals surface area contributed by atoms with Gasteiger partial charge in [-0.2, -0.15) is 0 Å². The fourth-order valence-electron chi connectivity index (χ4n) is 4.27. The Morgan fingerprint density at radius 2 is 1.91 bits per heavy atom. The first-order chi connectivity index (χ1) is 15.6. The van der Waals surface area contributed by atoms with Gasteiger partial charge in [-0.1, -0.05) is 29.4 Å². The maximum atomic E-state index is 14.9. The summed E-state index contributed by atoms with van der Waals surface area (Å²) >= 11 is 0. The molecule has 0 bridgehead atoms. The molecule has 2 aliphatic heterocycles. The number of carbonyl (C=O) groups is 1. The molecule has 8 nitrogen and oxygen atoms in total. The molecule has 0 aromatic heterocycles. The van der Waals surface area contributed by atoms with Crippen LogP contribution < -0.4 is 5.32 Å². The monoisotopic (exact) mass is 475 g/mol. The third kappa shape index (κ3) is 4.45. The summed E-state index contributed by atoms with van der Waals surface area (Å²) < 4.78 is 44.6. The van der Waals surface area contributed by atoms with Gasteiger partial charge in [0, 0.05) is 30.6 Å². The van der Waals surface area contributed by atoms with Crippen molar-refractivity contribution in [2.24, 2.45) is 5.16 Å². The summed E-state index contributed by atoms with van der Waals surface area (Å²) in [6.45, 7) is 2.95. The fourth-order valence-corrected chi connectivity index (χ4v) is 6.11. The number of alkyl carbamates (subject to hydrolysis) is 1. The molecule has 0 unspecified atom stereocenters. The van der Waals surface area contributed by atoms with Gasteiger partial charge in [0.25, 0.3) is 0 Å². The molecule has 1 amide bonds. The summed E-state index contributed by atoms with van der Waals surface area (Å²) in [4.78, 5) is 18.7. The Kier molecular flexibility index (Phi) is 6.15. The van der Waals surface area contributed by atoms with Crippen molar-refractivity contribution in [2.75, 3.05) is 33.8 Å². The Hall–Kier alpha value is -2.98. The number of hydrogen-bond donors (Lipinski definition) is 1. The van der Waals surface area contributed by atoms with E-state index < -0.39 is 26.5 Å². The molecule has 2 aromatic carbocycles. The first-order valence-corrected chi connectivity index (χ1v) is 12.0. The number of hydrogen-bond acceptors (Lipinski definition) is 7. The molecule has 2 aromatic rings. The SMILES string of the molecule is COC(=O)NC[C@H]1CC(c2ccc(-c3ccc(S(=O)(=O)C4(C)CN(C)C4)cc3)c(F)c2)=NO1. The maximum Gasteiger partial charge on any atom is 0.406 e. The first-order valence-electron chi connectivity index (χ1n) is 10.5. The van der Waals surface area contributed by atoms with Crippen molar-refractivity contribution in [3.05, 3.63) is 53.8 Å². The van der Waals surface area contributed by atoms with Gasteiger partial charge in [-0.15, -0.1) is 0 Å². The minimum absolute atomic E-state index is 0.227. The molecule has 33 heavy (non-hydrogen) atoms. The van der Waals surface area contributed by atoms with Gasteiger partial charge in [-0.25, -0.2) is 17.6 Å². The van der Waals surface area contributed by atoms with Crippen molar-refractivity contribution in [1.82, 2.24) is 10.2 Å². The van der Waals surface area contributed by atoms with E-state index in [1.165, 1.54) is 25.3 Å². The van der Waals surface area contributed by atoms with Crippen molar-refractivity contribution in [1.29, 1.82) is 0 Å². The summed E-state index contributed by atoms with van der Waals surface area (Å²) in [5.41, 5.74) is 2.11. The van der Waals surface area contributed by atoms with Crippen molar-refractivity contribution >= 4 is 21.6 Å². The van der Waals surface area contributed by atoms with Crippen LogP contribution in [0.2, 0.25) is 0 Å². The van der Waals surface area contributed by atoms with E-state index in [2.05, 4.69) is 15.2 Å². The van der Waals surface area contributed by atoms with Gasteiger partial charge in [0.05, 0.1) is 29.0 Å². The second-order valence-corrected chi connectivity index (χ2v) is 11.2. The Morgan fingerprint density at radius 1 is 1.24 bits per heavy atom. The number of carbonyl (C=O) groups excluding carboxylic acids is 1. The Balaban J connectivity index is 1.46. The Morgan fingerprint density at radius 3 is 2.52 bits per heavy atom. The summed E-state index contributed by atoms with van der Waals surface area (Å²) in [6, 6.07) is 11.1. The van der Waals surface area contributed by atoms with E-state index in [-0.39, 0.29) is 17.5 Å². The minimum Gasteiger partial charge on any atom is -0.453 e. The van der Waals surface area contributed by atoms with Crippen LogP contribution in [0.15, 0.2) is 52.5 Å². The summed E-state index contributed by atoms with van der Waals surface area (Å²) in [5.74, 6) is -0.450. The van der Waals surface area contributed by atoms with Gasteiger partial charge in [0.1, 0.15) is 5.82 Å². The molecule has 1 saturated heterocycles. The second-order valence-electron chi connectivity index (χ2n) is 8.69. The van der Waals surface area contributed by atoms with Gasteiger partial charge in [-0.3, -0.25) is 0 Å². The molecule has 2 aliphatic rings. The van der Waals surface area contributed by atoms with Crippen molar-refractivity contribution < 1.29 is 27.2 Å². The van der Waals surface area contributed by atoms with Crippen LogP contribution in [0.5, 0.6) is 0 Å². The van der Waals surface area contributed by atoms with E-state index in [4.69, 9.17) is 4.84 Å². The zero-order chi connectivity index (χ0) is 23.8. The zero-order valence-electron chi connectivity index (χ0n) is 18.7. The third-order valence-corrected chi connectivity index (χ3v) is 8.48. The summed E-state index contributed by atoms with van der Waals surface area (Å²) in [7, 11) is -0.319. The zero-order valence-corrected chi connectivity index (χ0v) is 19.5. The minimum atomic E-state index is -3.48. The average molecular weight is 476 g/mol. The number of ether oxygens (including phenoxy) is 1. The van der Waals surface area contributed by atoms with Crippen LogP contribution in [-0.4, -0.2) is 69.8 Å². The lowest BCUT2D eigenvalue weighted by atomic mass is 9.99. The fraction of sp³-hybridized carbons (Fsp3) is 0.391. The maximum absolute atomic E-state index is 14.9. The highest BCUT2D eigenvalue weighted by atomic mass is 32.2. The highest BCUT2D eigenvalue weighted by Crippen LogP contribution is 2.34. The average Bonchev–Trinajstić information content (AvgIpc) is 3.25. The molecule has 0 aliphatic carbocycles. The predicted molar refractivity (Wildman–Crippen MR) is 121 cm³/mol. The third-order valence-electron chi connectivity index (χ3n) is 6.03. The van der Waals surface area contributed by atoms with Crippen LogP contribution in [0.4, 0.5) is 9.18 Å². The number of rotatable bonds is 6. The number of amides is 1. The predicted octanol–water partition coefficient (Wildman–Crippen LogP) is 2.82. The first kappa shape index (κ1) is 23.2. The molecule has 1 atom stereocenters. The molecule has 4 rings (SSSR count). The van der Waals surface area contributed by atoms with Crippen molar-refractivity contribution in [2.45, 2.75) is 29.1 Å². The molecular formula is C23H26FN3O5S. The number of likely N-dealkylation sites (tertiary alicyclic amines) is 1. The van der Waals surface area contributed by atoms with E-state index in [0.717, 1.165) is 0 Å². The van der Waals surface area contributed by atoms with E-state index in [1.807, 2.05) is 11.9 Å². The number of halogens is 1. The van der Waals surface area contributed by atoms with Crippen LogP contribution in [0.25, 0.3) is 11.1 Å². The van der Waals surface area contributed by atoms with Crippen LogP contribution in [-0.2, 0) is 19.4 Å². The van der Waals surface area contributed by atoms with E-state index in [1.54, 1.807) is 31.2 Å². The number of sulfone groups is 1. The lowest BCUT2D eigenvalue weighted by Gasteiger charge is -2.45. The molecule has 0 saturated carbocycles. The molecule has 0 radical (unpaired) electrons. The lowest BCUT2D eigenvalue weighted by Crippen LogP contribution is -2.62. The number of methoxy groups -OCH3 is 1. The summed E-state index contributed by atoms with van der Waals surface area (Å²) in [5, 5.41) is 6.55. The molecule has 10 heteroatoms. The largest absolute Gasteiger partial charge is 0.453 e. The van der Waals surface area contributed by atoms with Gasteiger partial charge in [0.15, 0.2) is 15.9 Å². The summed E-state index contributed by atoms with van der Waals surface area (Å²) in [6.07, 6.45) is -0.493. The molecule has 2 heterocycles. The van der Waals surface area contributed by atoms with Crippen LogP contribution >= 0.6 is 0 Å². The quantitative estimate of drug-likeness (QED) is 0.690. The van der Waals surface area contributed by atoms with Gasteiger partial charge < -0.3 is 19.8 Å². The highest BCUT2D eigenvalue weighted by molar-refractivity contribution is 7.93. The van der Waals surface area contributed by atoms with E-state index >= 15 is 0 Å². The topological polar surface area (TPSA) is 97.3 Å². The number of nitrogens with zero attached hydrogens (tertiary/aromatic N) is 2. The lowest BCUT2D eigenvalue weighted by molar-refractivity contribution is 0.0827. The molecular weight excluding hydrogens is 449 g/mol. The standard InChI is InChI=1S/C23H26FN3O5S/c1-23(13-27(2)14-23)33(29,30)18-7-4-15(5-8-18)19-9-6-16(10-20(19)24)21-11-17(32-26-21)12-25-22(28)31-3/h4-10,17H,11-14H2,1-3H3,(H,25,28)/t17-/m1/s1. The van der Waals surface area contributed by atoms with Gasteiger partial charge >= 0.3 is 6.09 Å². The molecule has 1 N–H and O–H groups in total. The Labute approximate surface area is 192 Å². The van der Waals surface area contributed by atoms with Crippen LogP contribution in [0.1, 0.15) is 18.9 Å². The second kappa shape index (κ2) is 8.75. The number of oxime groups is 1. The molecule has 176 valence electrons.